The van der Waals surface area contributed by atoms with Gasteiger partial charge in [-0.25, -0.2) is 0 Å². The molecule has 4 atom stereocenters. The number of fused-ring (bicyclic) bond motifs is 2. The molecule has 1 saturated heterocycles. The minimum absolute atomic E-state index is 0.118. The van der Waals surface area contributed by atoms with Gasteiger partial charge in [-0.3, -0.25) is 0 Å². The number of rotatable bonds is 4. The first kappa shape index (κ1) is 13.7. The lowest BCUT2D eigenvalue weighted by Gasteiger charge is -2.64. The number of aliphatic hydroxyl groups excluding tert-OH is 1. The first-order valence-electron chi connectivity index (χ1n) is 8.32. The van der Waals surface area contributed by atoms with Crippen LogP contribution in [0.15, 0.2) is 24.3 Å². The zero-order valence-electron chi connectivity index (χ0n) is 12.7. The summed E-state index contributed by atoms with van der Waals surface area (Å²) >= 11 is 0. The Bertz CT molecular complexity index is 526. The van der Waals surface area contributed by atoms with Crippen LogP contribution in [-0.4, -0.2) is 23.9 Å². The van der Waals surface area contributed by atoms with Crippen molar-refractivity contribution in [3.8, 4) is 0 Å². The van der Waals surface area contributed by atoms with E-state index >= 15 is 0 Å². The molecule has 0 amide bonds. The van der Waals surface area contributed by atoms with Crippen LogP contribution in [0.1, 0.15) is 49.8 Å². The Hall–Kier alpha value is -0.900. The van der Waals surface area contributed by atoms with Crippen molar-refractivity contribution in [2.24, 2.45) is 11.3 Å². The van der Waals surface area contributed by atoms with E-state index in [4.69, 9.17) is 4.74 Å². The summed E-state index contributed by atoms with van der Waals surface area (Å²) in [5, 5.41) is 13.2. The molecule has 1 spiro atoms. The first-order chi connectivity index (χ1) is 10.2. The third kappa shape index (κ3) is 1.98. The van der Waals surface area contributed by atoms with Crippen molar-refractivity contribution >= 4 is 0 Å². The highest BCUT2D eigenvalue weighted by Crippen LogP contribution is 2.63. The smallest absolute Gasteiger partial charge is 0.0690 e. The van der Waals surface area contributed by atoms with Gasteiger partial charge in [-0.1, -0.05) is 30.7 Å². The molecule has 4 rings (SSSR count). The van der Waals surface area contributed by atoms with Crippen molar-refractivity contribution < 1.29 is 9.84 Å². The Morgan fingerprint density at radius 3 is 3.00 bits per heavy atom. The molecule has 2 aliphatic carbocycles. The first-order valence-corrected chi connectivity index (χ1v) is 8.32. The van der Waals surface area contributed by atoms with Gasteiger partial charge in [-0.05, 0) is 37.3 Å². The predicted octanol–water partition coefficient (Wildman–Crippen LogP) is 2.79. The maximum absolute atomic E-state index is 9.30. The molecule has 3 heteroatoms. The highest BCUT2D eigenvalue weighted by molar-refractivity contribution is 5.27. The number of nitrogens with one attached hydrogen (secondary N) is 1. The fourth-order valence-corrected chi connectivity index (χ4v) is 4.82. The van der Waals surface area contributed by atoms with Crippen LogP contribution in [0.5, 0.6) is 0 Å². The number of benzene rings is 1. The molecule has 0 bridgehead atoms. The van der Waals surface area contributed by atoms with E-state index in [-0.39, 0.29) is 6.61 Å². The maximum atomic E-state index is 9.30. The molecule has 3 nitrogen and oxygen atoms in total. The van der Waals surface area contributed by atoms with Gasteiger partial charge in [0, 0.05) is 30.0 Å². The second-order valence-corrected chi connectivity index (χ2v) is 7.10. The quantitative estimate of drug-likeness (QED) is 0.895. The molecule has 0 aromatic heterocycles. The fourth-order valence-electron chi connectivity index (χ4n) is 4.82. The van der Waals surface area contributed by atoms with Gasteiger partial charge in [0.15, 0.2) is 0 Å². The fraction of sp³-hybridized carbons (Fsp3) is 0.667. The van der Waals surface area contributed by atoms with E-state index in [1.807, 2.05) is 12.1 Å². The molecular formula is C18H25NO2. The van der Waals surface area contributed by atoms with Gasteiger partial charge in [-0.15, -0.1) is 0 Å². The predicted molar refractivity (Wildman–Crippen MR) is 81.8 cm³/mol. The minimum atomic E-state index is 0.118. The second-order valence-electron chi connectivity index (χ2n) is 7.10. The Morgan fingerprint density at radius 1 is 1.43 bits per heavy atom. The van der Waals surface area contributed by atoms with Crippen molar-refractivity contribution in [3.63, 3.8) is 0 Å². The lowest BCUT2D eigenvalue weighted by molar-refractivity contribution is -0.178. The number of hydrogen-bond donors (Lipinski definition) is 2. The van der Waals surface area contributed by atoms with Crippen molar-refractivity contribution in [2.45, 2.75) is 57.4 Å². The third-order valence-corrected chi connectivity index (χ3v) is 6.10. The Balaban J connectivity index is 1.50. The lowest BCUT2D eigenvalue weighted by Crippen LogP contribution is -2.71. The van der Waals surface area contributed by atoms with Crippen LogP contribution < -0.4 is 5.32 Å². The van der Waals surface area contributed by atoms with Gasteiger partial charge in [-0.2, -0.15) is 0 Å². The normalized spacial score (nSPS) is 34.1. The summed E-state index contributed by atoms with van der Waals surface area (Å²) in [4.78, 5) is 0. The van der Waals surface area contributed by atoms with E-state index in [1.165, 1.54) is 31.2 Å². The number of aliphatic hydroxyl groups is 1. The lowest BCUT2D eigenvalue weighted by atomic mass is 9.46. The summed E-state index contributed by atoms with van der Waals surface area (Å²) in [5.74, 6) is 0.716. The monoisotopic (exact) mass is 287 g/mol. The van der Waals surface area contributed by atoms with Crippen LogP contribution >= 0.6 is 0 Å². The van der Waals surface area contributed by atoms with Gasteiger partial charge >= 0.3 is 0 Å². The molecule has 0 unspecified atom stereocenters. The maximum Gasteiger partial charge on any atom is 0.0690 e. The van der Waals surface area contributed by atoms with Crippen LogP contribution in [-0.2, 0) is 11.3 Å². The van der Waals surface area contributed by atoms with Crippen molar-refractivity contribution in [1.82, 2.24) is 5.32 Å². The molecule has 0 radical (unpaired) electrons. The molecule has 21 heavy (non-hydrogen) atoms. The highest BCUT2D eigenvalue weighted by atomic mass is 16.5. The van der Waals surface area contributed by atoms with Crippen LogP contribution in [0.4, 0.5) is 0 Å². The molecule has 2 saturated carbocycles. The van der Waals surface area contributed by atoms with Crippen molar-refractivity contribution in [1.29, 1.82) is 0 Å². The van der Waals surface area contributed by atoms with Crippen LogP contribution in [0.3, 0.4) is 0 Å². The molecule has 3 aliphatic rings. The van der Waals surface area contributed by atoms with Gasteiger partial charge in [0.05, 0.1) is 12.7 Å². The SMILES string of the molecule is C[C@H](N[C@@H]1[C@H]2CCO[C@H]2C12CCC2)c1cccc(CO)c1. The summed E-state index contributed by atoms with van der Waals surface area (Å²) in [7, 11) is 0. The number of hydrogen-bond acceptors (Lipinski definition) is 3. The number of ether oxygens (including phenoxy) is 1. The molecule has 1 aromatic carbocycles. The Morgan fingerprint density at radius 2 is 2.29 bits per heavy atom. The zero-order valence-corrected chi connectivity index (χ0v) is 12.7. The van der Waals surface area contributed by atoms with Crippen LogP contribution in [0.2, 0.25) is 0 Å². The summed E-state index contributed by atoms with van der Waals surface area (Å²) in [6, 6.07) is 9.25. The average molecular weight is 287 g/mol. The van der Waals surface area contributed by atoms with Crippen molar-refractivity contribution in [3.05, 3.63) is 35.4 Å². The molecule has 1 aliphatic heterocycles. The summed E-state index contributed by atoms with van der Waals surface area (Å²) in [6.45, 7) is 3.31. The second kappa shape index (κ2) is 5.08. The largest absolute Gasteiger partial charge is 0.392 e. The van der Waals surface area contributed by atoms with Crippen molar-refractivity contribution in [2.75, 3.05) is 6.61 Å². The Kier molecular flexibility index (Phi) is 3.32. The van der Waals surface area contributed by atoms with E-state index in [0.29, 0.717) is 29.5 Å². The van der Waals surface area contributed by atoms with Gasteiger partial charge in [0.25, 0.3) is 0 Å². The van der Waals surface area contributed by atoms with E-state index in [2.05, 4.69) is 24.4 Å². The topological polar surface area (TPSA) is 41.5 Å². The molecule has 1 aromatic rings. The molecule has 2 N–H and O–H groups in total. The molecular weight excluding hydrogens is 262 g/mol. The zero-order chi connectivity index (χ0) is 14.4. The van der Waals surface area contributed by atoms with E-state index in [9.17, 15) is 5.11 Å². The summed E-state index contributed by atoms with van der Waals surface area (Å²) in [5.41, 5.74) is 2.71. The van der Waals surface area contributed by atoms with Gasteiger partial charge in [0.2, 0.25) is 0 Å². The van der Waals surface area contributed by atoms with Crippen LogP contribution in [0.25, 0.3) is 0 Å². The summed E-state index contributed by atoms with van der Waals surface area (Å²) in [6.07, 6.45) is 5.76. The summed E-state index contributed by atoms with van der Waals surface area (Å²) < 4.78 is 5.99. The van der Waals surface area contributed by atoms with Gasteiger partial charge in [0.1, 0.15) is 0 Å². The average Bonchev–Trinajstić information content (AvgIpc) is 2.88. The standard InChI is InChI=1S/C18H25NO2/c1-12(14-5-2-4-13(10-14)11-20)19-16-15-6-9-21-17(15)18(16)7-3-8-18/h2,4-5,10,12,15-17,19-20H,3,6-9,11H2,1H3/t12-,15+,16+,17+/m0/s1. The third-order valence-electron chi connectivity index (χ3n) is 6.10. The van der Waals surface area contributed by atoms with E-state index in [1.54, 1.807) is 0 Å². The van der Waals surface area contributed by atoms with E-state index < -0.39 is 0 Å². The highest BCUT2D eigenvalue weighted by Gasteiger charge is 2.66. The molecule has 3 fully saturated rings. The van der Waals surface area contributed by atoms with E-state index in [0.717, 1.165) is 12.2 Å². The van der Waals surface area contributed by atoms with Gasteiger partial charge < -0.3 is 15.2 Å². The Labute approximate surface area is 126 Å². The molecule has 1 heterocycles. The van der Waals surface area contributed by atoms with Crippen LogP contribution in [0, 0.1) is 11.3 Å². The minimum Gasteiger partial charge on any atom is -0.392 e. The molecule has 114 valence electrons.